The Bertz CT molecular complexity index is 299. The molecule has 72 valence electrons. The summed E-state index contributed by atoms with van der Waals surface area (Å²) in [6.45, 7) is 6.79. The van der Waals surface area contributed by atoms with Gasteiger partial charge in [-0.25, -0.2) is 4.98 Å². The van der Waals surface area contributed by atoms with Gasteiger partial charge in [-0.2, -0.15) is 0 Å². The van der Waals surface area contributed by atoms with E-state index in [1.54, 1.807) is 0 Å². The zero-order chi connectivity index (χ0) is 9.42. The van der Waals surface area contributed by atoms with Crippen molar-refractivity contribution in [2.75, 3.05) is 0 Å². The van der Waals surface area contributed by atoms with E-state index in [1.807, 2.05) is 0 Å². The van der Waals surface area contributed by atoms with Crippen LogP contribution in [-0.2, 0) is 6.42 Å². The van der Waals surface area contributed by atoms with Crippen molar-refractivity contribution in [3.8, 4) is 0 Å². The minimum atomic E-state index is 0.599. The number of imidazole rings is 1. The van der Waals surface area contributed by atoms with E-state index in [4.69, 9.17) is 0 Å². The summed E-state index contributed by atoms with van der Waals surface area (Å²) in [5.41, 5.74) is 1.40. The van der Waals surface area contributed by atoms with Gasteiger partial charge < -0.3 is 4.57 Å². The van der Waals surface area contributed by atoms with Crippen LogP contribution in [0.4, 0.5) is 0 Å². The van der Waals surface area contributed by atoms with Gasteiger partial charge in [0.15, 0.2) is 0 Å². The Morgan fingerprint density at radius 2 is 2.31 bits per heavy atom. The first-order chi connectivity index (χ1) is 6.20. The van der Waals surface area contributed by atoms with Crippen LogP contribution < -0.4 is 0 Å². The van der Waals surface area contributed by atoms with Crippen molar-refractivity contribution in [2.24, 2.45) is 0 Å². The molecule has 0 bridgehead atoms. The van der Waals surface area contributed by atoms with Crippen LogP contribution in [0.3, 0.4) is 0 Å². The molecule has 1 aromatic rings. The minimum absolute atomic E-state index is 0.599. The molecule has 13 heavy (non-hydrogen) atoms. The summed E-state index contributed by atoms with van der Waals surface area (Å²) in [5.74, 6) is 1.89. The number of fused-ring (bicyclic) bond motifs is 1. The number of aryl methyl sites for hydroxylation is 1. The highest BCUT2D eigenvalue weighted by Crippen LogP contribution is 2.28. The molecular weight excluding hydrogens is 160 g/mol. The van der Waals surface area contributed by atoms with Crippen LogP contribution in [-0.4, -0.2) is 9.55 Å². The molecule has 0 radical (unpaired) electrons. The van der Waals surface area contributed by atoms with Crippen LogP contribution in [0.2, 0.25) is 0 Å². The lowest BCUT2D eigenvalue weighted by atomic mass is 10.0. The third-order valence-corrected chi connectivity index (χ3v) is 2.96. The van der Waals surface area contributed by atoms with Gasteiger partial charge in [-0.1, -0.05) is 13.8 Å². The third-order valence-electron chi connectivity index (χ3n) is 2.96. The predicted molar refractivity (Wildman–Crippen MR) is 54.0 cm³/mol. The minimum Gasteiger partial charge on any atom is -0.329 e. The van der Waals surface area contributed by atoms with Crippen molar-refractivity contribution in [1.29, 1.82) is 0 Å². The molecule has 1 atom stereocenters. The molecule has 1 aliphatic rings. The molecule has 0 spiro atoms. The van der Waals surface area contributed by atoms with Gasteiger partial charge in [0.1, 0.15) is 5.82 Å². The molecule has 1 aromatic heterocycles. The monoisotopic (exact) mass is 178 g/mol. The molecule has 0 N–H and O–H groups in total. The van der Waals surface area contributed by atoms with Crippen LogP contribution in [0, 0.1) is 0 Å². The molecule has 1 aliphatic heterocycles. The second-order valence-electron chi connectivity index (χ2n) is 4.37. The fourth-order valence-electron chi connectivity index (χ4n) is 2.22. The molecule has 2 rings (SSSR count). The van der Waals surface area contributed by atoms with Crippen LogP contribution in [0.25, 0.3) is 0 Å². The number of rotatable bonds is 1. The van der Waals surface area contributed by atoms with E-state index < -0.39 is 0 Å². The van der Waals surface area contributed by atoms with Gasteiger partial charge in [-0.15, -0.1) is 0 Å². The second kappa shape index (κ2) is 3.17. The maximum Gasteiger partial charge on any atom is 0.109 e. The predicted octanol–water partition coefficient (Wildman–Crippen LogP) is 2.90. The molecule has 1 unspecified atom stereocenters. The topological polar surface area (TPSA) is 17.8 Å². The van der Waals surface area contributed by atoms with Gasteiger partial charge in [-0.05, 0) is 25.7 Å². The Hall–Kier alpha value is -0.790. The van der Waals surface area contributed by atoms with Gasteiger partial charge in [0.25, 0.3) is 0 Å². The average Bonchev–Trinajstić information content (AvgIpc) is 2.49. The van der Waals surface area contributed by atoms with Gasteiger partial charge in [0, 0.05) is 24.4 Å². The van der Waals surface area contributed by atoms with Crippen LogP contribution in [0.1, 0.15) is 57.1 Å². The zero-order valence-electron chi connectivity index (χ0n) is 8.75. The molecule has 2 nitrogen and oxygen atoms in total. The Morgan fingerprint density at radius 1 is 1.54 bits per heavy atom. The van der Waals surface area contributed by atoms with Crippen molar-refractivity contribution < 1.29 is 0 Å². The average molecular weight is 178 g/mol. The highest BCUT2D eigenvalue weighted by molar-refractivity contribution is 5.12. The highest BCUT2D eigenvalue weighted by atomic mass is 15.1. The molecule has 0 aromatic carbocycles. The lowest BCUT2D eigenvalue weighted by Crippen LogP contribution is -2.17. The van der Waals surface area contributed by atoms with E-state index in [0.29, 0.717) is 12.0 Å². The van der Waals surface area contributed by atoms with Crippen LogP contribution in [0.15, 0.2) is 6.20 Å². The van der Waals surface area contributed by atoms with E-state index in [2.05, 4.69) is 36.5 Å². The molecule has 0 fully saturated rings. The Morgan fingerprint density at radius 3 is 3.00 bits per heavy atom. The summed E-state index contributed by atoms with van der Waals surface area (Å²) in [5, 5.41) is 0. The summed E-state index contributed by atoms with van der Waals surface area (Å²) in [6.07, 6.45) is 5.83. The zero-order valence-corrected chi connectivity index (χ0v) is 8.75. The quantitative estimate of drug-likeness (QED) is 0.646. The first-order valence-electron chi connectivity index (χ1n) is 5.26. The number of nitrogens with zero attached hydrogens (tertiary/aromatic N) is 2. The van der Waals surface area contributed by atoms with Crippen LogP contribution >= 0.6 is 0 Å². The Kier molecular flexibility index (Phi) is 2.14. The van der Waals surface area contributed by atoms with E-state index in [9.17, 15) is 0 Å². The first kappa shape index (κ1) is 8.79. The van der Waals surface area contributed by atoms with Crippen molar-refractivity contribution in [2.45, 2.75) is 52.0 Å². The first-order valence-corrected chi connectivity index (χ1v) is 5.26. The summed E-state index contributed by atoms with van der Waals surface area (Å²) < 4.78 is 2.44. The Labute approximate surface area is 80.0 Å². The lowest BCUT2D eigenvalue weighted by molar-refractivity contribution is 0.410. The summed E-state index contributed by atoms with van der Waals surface area (Å²) in [4.78, 5) is 4.49. The Balaban J connectivity index is 2.44. The van der Waals surface area contributed by atoms with E-state index in [1.165, 1.54) is 24.4 Å². The largest absolute Gasteiger partial charge is 0.329 e. The molecule has 0 amide bonds. The molecule has 2 heteroatoms. The maximum absolute atomic E-state index is 4.49. The summed E-state index contributed by atoms with van der Waals surface area (Å²) >= 11 is 0. The third kappa shape index (κ3) is 1.38. The van der Waals surface area contributed by atoms with E-state index in [-0.39, 0.29) is 0 Å². The fraction of sp³-hybridized carbons (Fsp3) is 0.727. The van der Waals surface area contributed by atoms with Crippen molar-refractivity contribution in [3.63, 3.8) is 0 Å². The molecule has 0 aliphatic carbocycles. The number of hydrogen-bond donors (Lipinski definition) is 0. The van der Waals surface area contributed by atoms with Gasteiger partial charge in [-0.3, -0.25) is 0 Å². The van der Waals surface area contributed by atoms with Crippen molar-refractivity contribution >= 4 is 0 Å². The number of aromatic nitrogens is 2. The van der Waals surface area contributed by atoms with Gasteiger partial charge >= 0.3 is 0 Å². The molecular formula is C11H18N2. The van der Waals surface area contributed by atoms with Gasteiger partial charge in [0.2, 0.25) is 0 Å². The van der Waals surface area contributed by atoms with Crippen LogP contribution in [0.5, 0.6) is 0 Å². The smallest absolute Gasteiger partial charge is 0.109 e. The summed E-state index contributed by atoms with van der Waals surface area (Å²) in [6, 6.07) is 0.656. The SMILES string of the molecule is CC(C)c1cnc2n1C(C)CCC2. The van der Waals surface area contributed by atoms with Crippen molar-refractivity contribution in [1.82, 2.24) is 9.55 Å². The molecule has 0 saturated carbocycles. The fourth-order valence-corrected chi connectivity index (χ4v) is 2.22. The lowest BCUT2D eigenvalue weighted by Gasteiger charge is -2.25. The number of hydrogen-bond acceptors (Lipinski definition) is 1. The maximum atomic E-state index is 4.49. The second-order valence-corrected chi connectivity index (χ2v) is 4.37. The normalized spacial score (nSPS) is 22.0. The molecule has 0 saturated heterocycles. The van der Waals surface area contributed by atoms with Gasteiger partial charge in [0.05, 0.1) is 0 Å². The standard InChI is InChI=1S/C11H18N2/c1-8(2)10-7-12-11-6-4-5-9(3)13(10)11/h7-9H,4-6H2,1-3H3. The van der Waals surface area contributed by atoms with Crippen molar-refractivity contribution in [3.05, 3.63) is 17.7 Å². The van der Waals surface area contributed by atoms with E-state index >= 15 is 0 Å². The highest BCUT2D eigenvalue weighted by Gasteiger charge is 2.20. The van der Waals surface area contributed by atoms with E-state index in [0.717, 1.165) is 6.42 Å². The summed E-state index contributed by atoms with van der Waals surface area (Å²) in [7, 11) is 0. The molecule has 2 heterocycles.